The minimum atomic E-state index is 0. The van der Waals surface area contributed by atoms with Crippen molar-refractivity contribution in [1.29, 1.82) is 0 Å². The van der Waals surface area contributed by atoms with Gasteiger partial charge in [0.05, 0.1) is 0 Å². The van der Waals surface area contributed by atoms with Crippen LogP contribution in [0, 0.1) is 13.6 Å². The van der Waals surface area contributed by atoms with Crippen molar-refractivity contribution in [2.24, 2.45) is 0 Å². The van der Waals surface area contributed by atoms with Crippen LogP contribution < -0.4 is 0 Å². The molecule has 87 valence electrons. The van der Waals surface area contributed by atoms with E-state index in [0.717, 1.165) is 6.42 Å². The zero-order valence-corrected chi connectivity index (χ0v) is 11.7. The number of hydrogen-bond donors (Lipinski definition) is 0. The SMILES string of the molecule is [C-]#[O+].[CH2-]CC.[Nb].c1cc[cH-]c1.c1cc[cH-]c1. The molecule has 2 aromatic rings. The molecule has 2 heteroatoms. The minimum Gasteiger partial charge on any atom is -0.344 e. The maximum absolute atomic E-state index is 7.50. The first kappa shape index (κ1) is 20.6. The molecule has 0 amide bonds. The quantitative estimate of drug-likeness (QED) is 0.397. The number of hydrogen-bond acceptors (Lipinski definition) is 0. The smallest absolute Gasteiger partial charge is 0 e. The standard InChI is InChI=1S/2C5H5.C3H7.CO.Nb/c2*1-2-4-5-3-1;1-3-2;1-2;/h2*1-5H;1,3H2,2H3;;/q3*-1;;. The summed E-state index contributed by atoms with van der Waals surface area (Å²) in [6.45, 7) is 10.0. The van der Waals surface area contributed by atoms with Crippen LogP contribution in [0.25, 0.3) is 0 Å². The van der Waals surface area contributed by atoms with Crippen molar-refractivity contribution in [2.75, 3.05) is 0 Å². The van der Waals surface area contributed by atoms with E-state index in [1.54, 1.807) is 0 Å². The molecule has 0 fully saturated rings. The van der Waals surface area contributed by atoms with Crippen LogP contribution in [-0.4, -0.2) is 0 Å². The maximum atomic E-state index is 7.50. The molecule has 1 radical (unpaired) electrons. The zero-order chi connectivity index (χ0) is 11.8. The average Bonchev–Trinajstić information content (AvgIpc) is 3.01. The molecule has 0 aromatic heterocycles. The van der Waals surface area contributed by atoms with Crippen LogP contribution in [0.2, 0.25) is 0 Å². The molecule has 2 aromatic carbocycles. The topological polar surface area (TPSA) is 19.9 Å². The molecule has 0 saturated heterocycles. The fourth-order valence-corrected chi connectivity index (χ4v) is 0.642. The van der Waals surface area contributed by atoms with Crippen molar-refractivity contribution in [3.63, 3.8) is 0 Å². The van der Waals surface area contributed by atoms with Gasteiger partial charge in [-0.2, -0.15) is 42.8 Å². The summed E-state index contributed by atoms with van der Waals surface area (Å²) in [5, 5.41) is 0. The fraction of sp³-hybridized carbons (Fsp3) is 0.143. The van der Waals surface area contributed by atoms with E-state index in [1.807, 2.05) is 67.6 Å². The first-order valence-electron chi connectivity index (χ1n) is 4.74. The third-order valence-corrected chi connectivity index (χ3v) is 1.11. The van der Waals surface area contributed by atoms with E-state index in [-0.39, 0.29) is 22.4 Å². The van der Waals surface area contributed by atoms with Crippen LogP contribution in [-0.2, 0) is 27.0 Å². The van der Waals surface area contributed by atoms with Crippen LogP contribution in [0.3, 0.4) is 0 Å². The Labute approximate surface area is 114 Å². The van der Waals surface area contributed by atoms with Crippen molar-refractivity contribution < 1.29 is 27.0 Å². The third kappa shape index (κ3) is 23.2. The van der Waals surface area contributed by atoms with E-state index < -0.39 is 0 Å². The van der Waals surface area contributed by atoms with Gasteiger partial charge >= 0.3 is 11.3 Å². The van der Waals surface area contributed by atoms with Gasteiger partial charge in [0.25, 0.3) is 0 Å². The molecular formula is C14H17NbO-3. The maximum Gasteiger partial charge on any atom is 0 e. The second-order valence-electron chi connectivity index (χ2n) is 2.42. The Morgan fingerprint density at radius 3 is 1.19 bits per heavy atom. The van der Waals surface area contributed by atoms with Gasteiger partial charge in [-0.15, -0.1) is 0 Å². The Hall–Kier alpha value is -0.820. The molecule has 1 nitrogen and oxygen atoms in total. The third-order valence-electron chi connectivity index (χ3n) is 1.11. The second kappa shape index (κ2) is 23.8. The number of rotatable bonds is 0. The summed E-state index contributed by atoms with van der Waals surface area (Å²) in [5.74, 6) is 0. The molecule has 0 heterocycles. The first-order valence-corrected chi connectivity index (χ1v) is 4.74. The summed E-state index contributed by atoms with van der Waals surface area (Å²) in [4.78, 5) is 0. The van der Waals surface area contributed by atoms with Gasteiger partial charge in [-0.25, -0.2) is 24.3 Å². The second-order valence-corrected chi connectivity index (χ2v) is 2.42. The largest absolute Gasteiger partial charge is 0.344 e. The van der Waals surface area contributed by atoms with Gasteiger partial charge < -0.3 is 6.92 Å². The zero-order valence-electron chi connectivity index (χ0n) is 9.54. The predicted molar refractivity (Wildman–Crippen MR) is 63.6 cm³/mol. The Morgan fingerprint density at radius 1 is 0.938 bits per heavy atom. The molecule has 0 bridgehead atoms. The predicted octanol–water partition coefficient (Wildman–Crippen LogP) is 4.00. The van der Waals surface area contributed by atoms with E-state index in [0.29, 0.717) is 0 Å². The van der Waals surface area contributed by atoms with Gasteiger partial charge in [0.1, 0.15) is 0 Å². The minimum absolute atomic E-state index is 0. The summed E-state index contributed by atoms with van der Waals surface area (Å²) >= 11 is 0. The first-order chi connectivity index (χ1) is 7.41. The van der Waals surface area contributed by atoms with Gasteiger partial charge in [0.2, 0.25) is 0 Å². The summed E-state index contributed by atoms with van der Waals surface area (Å²) in [7, 11) is 0. The molecule has 0 saturated carbocycles. The molecule has 0 aliphatic rings. The van der Waals surface area contributed by atoms with Crippen molar-refractivity contribution in [2.45, 2.75) is 13.3 Å². The van der Waals surface area contributed by atoms with Gasteiger partial charge in [0, 0.05) is 22.4 Å². The van der Waals surface area contributed by atoms with Crippen molar-refractivity contribution in [1.82, 2.24) is 0 Å². The summed E-state index contributed by atoms with van der Waals surface area (Å²) in [6.07, 6.45) is 1.00. The van der Waals surface area contributed by atoms with E-state index in [1.165, 1.54) is 0 Å². The Kier molecular flexibility index (Phi) is 30.6. The van der Waals surface area contributed by atoms with Gasteiger partial charge in [-0.3, -0.25) is 0 Å². The molecule has 16 heavy (non-hydrogen) atoms. The molecular weight excluding hydrogens is 277 g/mol. The van der Waals surface area contributed by atoms with Crippen molar-refractivity contribution in [3.8, 4) is 0 Å². The van der Waals surface area contributed by atoms with Crippen LogP contribution in [0.5, 0.6) is 0 Å². The van der Waals surface area contributed by atoms with Crippen molar-refractivity contribution >= 4 is 0 Å². The summed E-state index contributed by atoms with van der Waals surface area (Å²) in [6, 6.07) is 20.0. The Morgan fingerprint density at radius 2 is 1.12 bits per heavy atom. The van der Waals surface area contributed by atoms with Gasteiger partial charge in [-0.05, 0) is 0 Å². The van der Waals surface area contributed by atoms with Gasteiger partial charge in [0.15, 0.2) is 0 Å². The van der Waals surface area contributed by atoms with E-state index >= 15 is 0 Å². The molecule has 0 aliphatic carbocycles. The molecule has 0 spiro atoms. The monoisotopic (exact) mass is 294 g/mol. The van der Waals surface area contributed by atoms with Crippen molar-refractivity contribution in [3.05, 3.63) is 74.2 Å². The van der Waals surface area contributed by atoms with Crippen LogP contribution in [0.15, 0.2) is 60.7 Å². The molecule has 0 aliphatic heterocycles. The van der Waals surface area contributed by atoms with E-state index in [9.17, 15) is 0 Å². The Bertz CT molecular complexity index is 195. The fourth-order valence-electron chi connectivity index (χ4n) is 0.642. The molecule has 0 unspecified atom stereocenters. The molecule has 0 N–H and O–H groups in total. The summed E-state index contributed by atoms with van der Waals surface area (Å²) in [5.41, 5.74) is 0. The van der Waals surface area contributed by atoms with E-state index in [2.05, 4.69) is 13.6 Å². The van der Waals surface area contributed by atoms with E-state index in [4.69, 9.17) is 4.65 Å². The molecule has 0 atom stereocenters. The average molecular weight is 294 g/mol. The van der Waals surface area contributed by atoms with Crippen LogP contribution in [0.1, 0.15) is 13.3 Å². The van der Waals surface area contributed by atoms with Crippen LogP contribution >= 0.6 is 0 Å². The normalized spacial score (nSPS) is 6.25. The summed E-state index contributed by atoms with van der Waals surface area (Å²) < 4.78 is 7.50. The Balaban J connectivity index is -0.000000147. The molecule has 2 rings (SSSR count). The van der Waals surface area contributed by atoms with Gasteiger partial charge in [-0.1, -0.05) is 6.92 Å². The van der Waals surface area contributed by atoms with Crippen LogP contribution in [0.4, 0.5) is 0 Å².